The number of carboxylic acid groups (broad SMARTS) is 1. The number of carbonyl (C=O) groups is 1. The Bertz CT molecular complexity index is 960. The van der Waals surface area contributed by atoms with Gasteiger partial charge in [-0.25, -0.2) is 13.6 Å². The number of benzene rings is 1. The Morgan fingerprint density at radius 2 is 2.00 bits per heavy atom. The molecule has 3 rings (SSSR count). The smallest absolute Gasteiger partial charge is 1.00 e. The van der Waals surface area contributed by atoms with Crippen LogP contribution in [0.3, 0.4) is 0 Å². The topological polar surface area (TPSA) is 97.8 Å². The second-order valence-electron chi connectivity index (χ2n) is 6.53. The summed E-state index contributed by atoms with van der Waals surface area (Å²) in [6, 6.07) is 1.01. The zero-order chi connectivity index (χ0) is 19.7. The molecule has 1 aromatic carbocycles. The number of anilines is 1. The molecule has 1 aliphatic heterocycles. The fraction of sp³-hybridized carbons (Fsp3) is 0.444. The SMILES string of the molecule is COc1c(N2CCC(CN)C2)c(F)cc2c(=O)c(C(=O)O)cn(CCF)c12.[B+3].[F-].[F-].[F-]. The number of fused-ring (bicyclic) bond motifs is 1. The number of hydrogen-bond acceptors (Lipinski definition) is 5. The van der Waals surface area contributed by atoms with Crippen molar-refractivity contribution in [3.63, 3.8) is 0 Å². The molecule has 0 aliphatic carbocycles. The summed E-state index contributed by atoms with van der Waals surface area (Å²) in [6.07, 6.45) is 1.87. The molecule has 13 heteroatoms. The van der Waals surface area contributed by atoms with E-state index in [4.69, 9.17) is 10.5 Å². The summed E-state index contributed by atoms with van der Waals surface area (Å²) in [5.41, 5.74) is 4.68. The molecule has 1 atom stereocenters. The van der Waals surface area contributed by atoms with Crippen LogP contribution < -0.4 is 34.9 Å². The molecule has 31 heavy (non-hydrogen) atoms. The minimum absolute atomic E-state index is 0. The molecule has 1 unspecified atom stereocenters. The van der Waals surface area contributed by atoms with Crippen LogP contribution in [0.5, 0.6) is 5.75 Å². The molecule has 170 valence electrons. The van der Waals surface area contributed by atoms with Crippen molar-refractivity contribution in [2.75, 3.05) is 38.3 Å². The standard InChI is InChI=1S/C18H21F2N3O4.B.3FH/c1-27-17-14-11(16(24)12(18(25)26)9-23(14)5-3-19)6-13(20)15(17)22-4-2-10(7-21)8-22;;;;/h6,9-10H,2-5,7-8,21H2,1H3,(H,25,26);;3*1H/q;+3;;;/p-3. The number of nitrogens with two attached hydrogens (primary N) is 1. The average Bonchev–Trinajstić information content (AvgIpc) is 3.11. The van der Waals surface area contributed by atoms with Crippen LogP contribution in [0.2, 0.25) is 0 Å². The third-order valence-electron chi connectivity index (χ3n) is 4.94. The largest absolute Gasteiger partial charge is 3.00 e. The van der Waals surface area contributed by atoms with E-state index >= 15 is 0 Å². The molecule has 0 radical (unpaired) electrons. The van der Waals surface area contributed by atoms with Crippen molar-refractivity contribution >= 4 is 31.0 Å². The molecular formula is C18H21BF5N3O4. The van der Waals surface area contributed by atoms with Gasteiger partial charge in [0, 0.05) is 19.3 Å². The van der Waals surface area contributed by atoms with Crippen LogP contribution in [0.15, 0.2) is 17.1 Å². The zero-order valence-corrected chi connectivity index (χ0v) is 16.6. The molecule has 2 aromatic rings. The van der Waals surface area contributed by atoms with Gasteiger partial charge in [0.1, 0.15) is 17.9 Å². The van der Waals surface area contributed by atoms with E-state index in [1.54, 1.807) is 4.90 Å². The quantitative estimate of drug-likeness (QED) is 0.336. The number of methoxy groups -OCH3 is 1. The number of halogens is 5. The van der Waals surface area contributed by atoms with Gasteiger partial charge in [0.05, 0.1) is 24.6 Å². The first kappa shape index (κ1) is 30.4. The third kappa shape index (κ3) is 5.27. The second-order valence-corrected chi connectivity index (χ2v) is 6.53. The van der Waals surface area contributed by atoms with E-state index in [0.717, 1.165) is 18.7 Å². The van der Waals surface area contributed by atoms with Gasteiger partial charge in [-0.15, -0.1) is 0 Å². The number of alkyl halides is 1. The van der Waals surface area contributed by atoms with E-state index in [2.05, 4.69) is 0 Å². The molecule has 7 nitrogen and oxygen atoms in total. The number of aromatic nitrogens is 1. The number of aromatic carboxylic acids is 1. The molecule has 1 saturated heterocycles. The van der Waals surface area contributed by atoms with Gasteiger partial charge in [-0.1, -0.05) is 0 Å². The number of carboxylic acids is 1. The van der Waals surface area contributed by atoms with Gasteiger partial charge in [-0.2, -0.15) is 0 Å². The predicted octanol–water partition coefficient (Wildman–Crippen LogP) is -7.77. The van der Waals surface area contributed by atoms with Crippen LogP contribution in [0.25, 0.3) is 10.9 Å². The fourth-order valence-corrected chi connectivity index (χ4v) is 3.62. The molecule has 0 spiro atoms. The summed E-state index contributed by atoms with van der Waals surface area (Å²) in [5, 5.41) is 9.09. The minimum atomic E-state index is -1.46. The number of nitrogens with zero attached hydrogens (tertiary/aromatic N) is 2. The van der Waals surface area contributed by atoms with Crippen molar-refractivity contribution in [1.29, 1.82) is 0 Å². The van der Waals surface area contributed by atoms with Crippen LogP contribution in [0.4, 0.5) is 14.5 Å². The Hall–Kier alpha value is -2.83. The predicted molar refractivity (Wildman–Crippen MR) is 103 cm³/mol. The first-order chi connectivity index (χ1) is 12.9. The van der Waals surface area contributed by atoms with Crippen molar-refractivity contribution in [2.45, 2.75) is 13.0 Å². The van der Waals surface area contributed by atoms with Gasteiger partial charge in [0.2, 0.25) is 5.43 Å². The van der Waals surface area contributed by atoms with E-state index in [1.165, 1.54) is 11.7 Å². The summed E-state index contributed by atoms with van der Waals surface area (Å²) >= 11 is 0. The third-order valence-corrected chi connectivity index (χ3v) is 4.94. The molecule has 0 saturated carbocycles. The second kappa shape index (κ2) is 12.1. The van der Waals surface area contributed by atoms with Gasteiger partial charge < -0.3 is 39.2 Å². The van der Waals surface area contributed by atoms with Crippen LogP contribution in [-0.4, -0.2) is 57.5 Å². The molecular weight excluding hydrogens is 428 g/mol. The summed E-state index contributed by atoms with van der Waals surface area (Å²) in [6.45, 7) is 0.607. The van der Waals surface area contributed by atoms with E-state index < -0.39 is 29.5 Å². The maximum atomic E-state index is 15.0. The molecule has 0 amide bonds. The van der Waals surface area contributed by atoms with E-state index in [-0.39, 0.29) is 57.3 Å². The Morgan fingerprint density at radius 3 is 2.48 bits per heavy atom. The summed E-state index contributed by atoms with van der Waals surface area (Å²) < 4.78 is 34.7. The molecule has 1 aliphatic rings. The van der Waals surface area contributed by atoms with Crippen molar-refractivity contribution in [3.8, 4) is 5.75 Å². The van der Waals surface area contributed by atoms with Gasteiger partial charge in [0.15, 0.2) is 11.6 Å². The Kier molecular flexibility index (Phi) is 11.9. The number of rotatable bonds is 6. The number of hydrogen-bond donors (Lipinski definition) is 2. The number of aryl methyl sites for hydroxylation is 1. The van der Waals surface area contributed by atoms with Gasteiger partial charge in [-0.05, 0) is 24.9 Å². The maximum absolute atomic E-state index is 15.0. The Balaban J connectivity index is 0. The molecule has 0 bridgehead atoms. The van der Waals surface area contributed by atoms with E-state index in [1.807, 2.05) is 0 Å². The summed E-state index contributed by atoms with van der Waals surface area (Å²) in [7, 11) is 1.34. The monoisotopic (exact) mass is 449 g/mol. The molecule has 1 fully saturated rings. The average molecular weight is 449 g/mol. The minimum Gasteiger partial charge on any atom is -1.00 e. The molecule has 2 heterocycles. The Morgan fingerprint density at radius 1 is 1.35 bits per heavy atom. The number of ether oxygens (including phenoxy) is 1. The first-order valence-corrected chi connectivity index (χ1v) is 8.60. The Labute approximate surface area is 176 Å². The fourth-order valence-electron chi connectivity index (χ4n) is 3.62. The normalized spacial score (nSPS) is 14.7. The van der Waals surface area contributed by atoms with Gasteiger partial charge in [0.25, 0.3) is 0 Å². The molecule has 1 aromatic heterocycles. The zero-order valence-electron chi connectivity index (χ0n) is 16.6. The van der Waals surface area contributed by atoms with Crippen molar-refractivity contribution in [1.82, 2.24) is 4.57 Å². The number of pyridine rings is 1. The van der Waals surface area contributed by atoms with Crippen LogP contribution >= 0.6 is 0 Å². The van der Waals surface area contributed by atoms with Crippen LogP contribution in [0, 0.1) is 11.7 Å². The maximum Gasteiger partial charge on any atom is 3.00 e. The van der Waals surface area contributed by atoms with E-state index in [9.17, 15) is 23.5 Å². The molecule has 3 N–H and O–H groups in total. The first-order valence-electron chi connectivity index (χ1n) is 8.60. The van der Waals surface area contributed by atoms with Crippen LogP contribution in [0.1, 0.15) is 16.8 Å². The van der Waals surface area contributed by atoms with E-state index in [0.29, 0.717) is 19.6 Å². The van der Waals surface area contributed by atoms with Crippen molar-refractivity contribution in [2.24, 2.45) is 11.7 Å². The van der Waals surface area contributed by atoms with Gasteiger partial charge in [-0.3, -0.25) is 4.79 Å². The van der Waals surface area contributed by atoms with Crippen molar-refractivity contribution < 1.29 is 37.5 Å². The van der Waals surface area contributed by atoms with Crippen LogP contribution in [-0.2, 0) is 6.54 Å². The summed E-state index contributed by atoms with van der Waals surface area (Å²) in [4.78, 5) is 25.7. The van der Waals surface area contributed by atoms with Crippen molar-refractivity contribution in [3.05, 3.63) is 33.9 Å². The van der Waals surface area contributed by atoms with Gasteiger partial charge >= 0.3 is 14.4 Å². The summed E-state index contributed by atoms with van der Waals surface area (Å²) in [5.74, 6) is -1.84.